The Kier molecular flexibility index (Phi) is 3.42. The molecule has 1 aliphatic heterocycles. The van der Waals surface area contributed by atoms with Crippen LogP contribution in [0, 0.1) is 6.92 Å². The van der Waals surface area contributed by atoms with Crippen LogP contribution in [0.5, 0.6) is 0 Å². The molecular weight excluding hydrogens is 316 g/mol. The molecule has 0 aromatic heterocycles. The molecule has 2 rings (SSSR count). The number of fused-ring (bicyclic) bond motifs is 1. The third-order valence-corrected chi connectivity index (χ3v) is 3.37. The van der Waals surface area contributed by atoms with Crippen LogP contribution in [0.1, 0.15) is 15.9 Å². The number of carbonyl (C=O) groups is 3. The van der Waals surface area contributed by atoms with Crippen LogP contribution in [0.4, 0.5) is 5.69 Å². The smallest absolute Gasteiger partial charge is 0.322 e. The molecule has 3 N–H and O–H groups in total. The molecular formula is C12H11BrN2O4. The lowest BCUT2D eigenvalue weighted by Gasteiger charge is -2.20. The Labute approximate surface area is 117 Å². The van der Waals surface area contributed by atoms with E-state index in [-0.39, 0.29) is 12.1 Å². The van der Waals surface area contributed by atoms with Gasteiger partial charge in [0.25, 0.3) is 11.7 Å². The number of amides is 1. The minimum absolute atomic E-state index is 0.227. The number of nitrogens with two attached hydrogens (primary N) is 1. The molecule has 100 valence electrons. The van der Waals surface area contributed by atoms with E-state index in [2.05, 4.69) is 15.9 Å². The first kappa shape index (κ1) is 13.7. The predicted octanol–water partition coefficient (Wildman–Crippen LogP) is 0.699. The summed E-state index contributed by atoms with van der Waals surface area (Å²) in [5.41, 5.74) is 6.85. The van der Waals surface area contributed by atoms with Gasteiger partial charge in [-0.3, -0.25) is 14.4 Å². The van der Waals surface area contributed by atoms with Crippen molar-refractivity contribution >= 4 is 39.3 Å². The number of carboxylic acid groups (broad SMARTS) is 1. The van der Waals surface area contributed by atoms with Gasteiger partial charge in [-0.25, -0.2) is 0 Å². The maximum absolute atomic E-state index is 11.9. The zero-order valence-electron chi connectivity index (χ0n) is 10.0. The van der Waals surface area contributed by atoms with Crippen LogP contribution in [-0.2, 0) is 9.59 Å². The van der Waals surface area contributed by atoms with Crippen LogP contribution in [0.15, 0.2) is 16.6 Å². The van der Waals surface area contributed by atoms with E-state index in [1.807, 2.05) is 0 Å². The van der Waals surface area contributed by atoms with Gasteiger partial charge in [-0.1, -0.05) is 15.9 Å². The summed E-state index contributed by atoms with van der Waals surface area (Å²) in [5.74, 6) is -2.60. The number of Topliss-reactive ketones (excluding diaryl/α,β-unsaturated/α-hetero) is 1. The molecule has 1 atom stereocenters. The maximum atomic E-state index is 11.9. The number of hydrogen-bond acceptors (Lipinski definition) is 4. The van der Waals surface area contributed by atoms with E-state index in [1.54, 1.807) is 19.1 Å². The summed E-state index contributed by atoms with van der Waals surface area (Å²) in [6.07, 6.45) is 0. The Morgan fingerprint density at radius 1 is 1.47 bits per heavy atom. The number of hydrogen-bond donors (Lipinski definition) is 2. The van der Waals surface area contributed by atoms with Gasteiger partial charge in [0.15, 0.2) is 0 Å². The lowest BCUT2D eigenvalue weighted by Crippen LogP contribution is -2.45. The first-order chi connectivity index (χ1) is 8.82. The van der Waals surface area contributed by atoms with Crippen molar-refractivity contribution in [3.05, 3.63) is 27.7 Å². The van der Waals surface area contributed by atoms with Crippen LogP contribution < -0.4 is 10.6 Å². The average molecular weight is 327 g/mol. The third kappa shape index (κ3) is 2.26. The third-order valence-electron chi connectivity index (χ3n) is 2.92. The largest absolute Gasteiger partial charge is 0.480 e. The van der Waals surface area contributed by atoms with Gasteiger partial charge in [-0.15, -0.1) is 0 Å². The predicted molar refractivity (Wildman–Crippen MR) is 71.2 cm³/mol. The van der Waals surface area contributed by atoms with E-state index < -0.39 is 23.7 Å². The zero-order chi connectivity index (χ0) is 14.3. The Morgan fingerprint density at radius 2 is 2.11 bits per heavy atom. The van der Waals surface area contributed by atoms with Crippen molar-refractivity contribution in [3.63, 3.8) is 0 Å². The van der Waals surface area contributed by atoms with Crippen molar-refractivity contribution in [3.8, 4) is 0 Å². The molecule has 1 aromatic carbocycles. The first-order valence-corrected chi connectivity index (χ1v) is 6.27. The molecule has 0 spiro atoms. The van der Waals surface area contributed by atoms with Crippen molar-refractivity contribution in [2.75, 3.05) is 11.4 Å². The van der Waals surface area contributed by atoms with Crippen molar-refractivity contribution in [2.24, 2.45) is 5.73 Å². The maximum Gasteiger partial charge on any atom is 0.322 e. The lowest BCUT2D eigenvalue weighted by molar-refractivity contribution is -0.138. The van der Waals surface area contributed by atoms with E-state index in [4.69, 9.17) is 10.8 Å². The second kappa shape index (κ2) is 4.75. The summed E-state index contributed by atoms with van der Waals surface area (Å²) in [5, 5.41) is 8.80. The summed E-state index contributed by atoms with van der Waals surface area (Å²) >= 11 is 3.26. The molecule has 0 saturated heterocycles. The van der Waals surface area contributed by atoms with Crippen LogP contribution in [0.3, 0.4) is 0 Å². The molecule has 0 radical (unpaired) electrons. The van der Waals surface area contributed by atoms with Crippen LogP contribution in [0.25, 0.3) is 0 Å². The fourth-order valence-electron chi connectivity index (χ4n) is 2.06. The van der Waals surface area contributed by atoms with E-state index >= 15 is 0 Å². The van der Waals surface area contributed by atoms with Gasteiger partial charge < -0.3 is 15.7 Å². The van der Waals surface area contributed by atoms with E-state index in [0.717, 1.165) is 4.90 Å². The van der Waals surface area contributed by atoms with Crippen molar-refractivity contribution in [1.82, 2.24) is 0 Å². The van der Waals surface area contributed by atoms with E-state index in [1.165, 1.54) is 0 Å². The van der Waals surface area contributed by atoms with E-state index in [0.29, 0.717) is 15.7 Å². The Bertz CT molecular complexity index is 600. The fourth-order valence-corrected chi connectivity index (χ4v) is 2.63. The minimum Gasteiger partial charge on any atom is -0.480 e. The molecule has 0 saturated carbocycles. The highest BCUT2D eigenvalue weighted by Crippen LogP contribution is 2.34. The average Bonchev–Trinajstić information content (AvgIpc) is 2.54. The second-order valence-corrected chi connectivity index (χ2v) is 5.22. The Morgan fingerprint density at radius 3 is 2.68 bits per heavy atom. The standard InChI is InChI=1S/C12H11BrN2O4/c1-5-2-6(13)3-7-9(5)15(11(17)10(7)16)4-8(14)12(18)19/h2-3,8H,4,14H2,1H3,(H,18,19). The van der Waals surface area contributed by atoms with Crippen LogP contribution in [-0.4, -0.2) is 35.4 Å². The van der Waals surface area contributed by atoms with Gasteiger partial charge in [0, 0.05) is 4.47 Å². The Balaban J connectivity index is 2.47. The first-order valence-electron chi connectivity index (χ1n) is 5.47. The molecule has 1 aliphatic rings. The number of rotatable bonds is 3. The number of halogens is 1. The monoisotopic (exact) mass is 326 g/mol. The molecule has 0 bridgehead atoms. The second-order valence-electron chi connectivity index (χ2n) is 4.31. The molecule has 0 fully saturated rings. The number of aliphatic carboxylic acids is 1. The summed E-state index contributed by atoms with van der Waals surface area (Å²) in [4.78, 5) is 35.7. The summed E-state index contributed by atoms with van der Waals surface area (Å²) in [7, 11) is 0. The van der Waals surface area contributed by atoms with Gasteiger partial charge in [-0.05, 0) is 24.6 Å². The normalized spacial score (nSPS) is 15.6. The summed E-state index contributed by atoms with van der Waals surface area (Å²) in [6, 6.07) is 2.07. The van der Waals surface area contributed by atoms with Crippen LogP contribution in [0.2, 0.25) is 0 Å². The molecule has 1 heterocycles. The highest BCUT2D eigenvalue weighted by molar-refractivity contribution is 9.10. The van der Waals surface area contributed by atoms with Gasteiger partial charge in [-0.2, -0.15) is 0 Å². The zero-order valence-corrected chi connectivity index (χ0v) is 11.6. The van der Waals surface area contributed by atoms with Gasteiger partial charge >= 0.3 is 5.97 Å². The number of anilines is 1. The SMILES string of the molecule is Cc1cc(Br)cc2c1N(CC(N)C(=O)O)C(=O)C2=O. The van der Waals surface area contributed by atoms with Crippen molar-refractivity contribution in [1.29, 1.82) is 0 Å². The molecule has 7 heteroatoms. The fraction of sp³-hybridized carbons (Fsp3) is 0.250. The highest BCUT2D eigenvalue weighted by atomic mass is 79.9. The molecule has 6 nitrogen and oxygen atoms in total. The number of benzene rings is 1. The minimum atomic E-state index is -1.23. The quantitative estimate of drug-likeness (QED) is 0.796. The summed E-state index contributed by atoms with van der Waals surface area (Å²) in [6.45, 7) is 1.52. The molecule has 1 unspecified atom stereocenters. The molecule has 1 amide bonds. The highest BCUT2D eigenvalue weighted by Gasteiger charge is 2.38. The number of nitrogens with zero attached hydrogens (tertiary/aromatic N) is 1. The van der Waals surface area contributed by atoms with Crippen molar-refractivity contribution in [2.45, 2.75) is 13.0 Å². The van der Waals surface area contributed by atoms with Crippen LogP contribution >= 0.6 is 15.9 Å². The molecule has 19 heavy (non-hydrogen) atoms. The molecule has 0 aliphatic carbocycles. The van der Waals surface area contributed by atoms with Gasteiger partial charge in [0.2, 0.25) is 0 Å². The Hall–Kier alpha value is -1.73. The van der Waals surface area contributed by atoms with Gasteiger partial charge in [0.05, 0.1) is 17.8 Å². The van der Waals surface area contributed by atoms with Crippen molar-refractivity contribution < 1.29 is 19.5 Å². The molecule has 1 aromatic rings. The number of ketones is 1. The number of carboxylic acids is 1. The number of carbonyl (C=O) groups excluding carboxylic acids is 2. The summed E-state index contributed by atoms with van der Waals surface area (Å²) < 4.78 is 0.689. The van der Waals surface area contributed by atoms with E-state index in [9.17, 15) is 14.4 Å². The van der Waals surface area contributed by atoms with Gasteiger partial charge in [0.1, 0.15) is 6.04 Å². The lowest BCUT2D eigenvalue weighted by atomic mass is 10.1. The number of aryl methyl sites for hydroxylation is 1. The topological polar surface area (TPSA) is 101 Å².